The van der Waals surface area contributed by atoms with Crippen LogP contribution in [0.4, 0.5) is 29.3 Å². The summed E-state index contributed by atoms with van der Waals surface area (Å²) in [6.45, 7) is 1.26. The number of piperazine rings is 1. The summed E-state index contributed by atoms with van der Waals surface area (Å²) in [7, 11) is 1.27. The fourth-order valence-corrected chi connectivity index (χ4v) is 5.20. The molecule has 0 bridgehead atoms. The Morgan fingerprint density at radius 3 is 2.45 bits per heavy atom. The van der Waals surface area contributed by atoms with Crippen LogP contribution in [0.5, 0.6) is 0 Å². The molecule has 7 nitrogen and oxygen atoms in total. The van der Waals surface area contributed by atoms with Crippen molar-refractivity contribution in [2.75, 3.05) is 36.5 Å². The lowest BCUT2D eigenvalue weighted by Crippen LogP contribution is -2.74. The Bertz CT molecular complexity index is 1150. The van der Waals surface area contributed by atoms with Crippen molar-refractivity contribution in [2.24, 2.45) is 5.41 Å². The Morgan fingerprint density at radius 1 is 1.03 bits per heavy atom. The van der Waals surface area contributed by atoms with E-state index in [-0.39, 0.29) is 12.0 Å². The minimum absolute atomic E-state index is 0.224. The number of nitrogens with zero attached hydrogens (tertiary/aromatic N) is 3. The molecule has 2 aromatic carbocycles. The van der Waals surface area contributed by atoms with E-state index < -0.39 is 41.0 Å². The van der Waals surface area contributed by atoms with E-state index in [1.54, 1.807) is 0 Å². The Hall–Kier alpha value is -3.56. The fraction of sp³-hybridized carbons (Fsp3) is 0.348. The maximum absolute atomic E-state index is 13.5. The van der Waals surface area contributed by atoms with E-state index in [0.29, 0.717) is 25.3 Å². The van der Waals surface area contributed by atoms with E-state index in [1.807, 2.05) is 35.2 Å². The van der Waals surface area contributed by atoms with Gasteiger partial charge < -0.3 is 9.80 Å². The van der Waals surface area contributed by atoms with Crippen molar-refractivity contribution in [3.8, 4) is 0 Å². The Labute approximate surface area is 187 Å². The van der Waals surface area contributed by atoms with E-state index in [4.69, 9.17) is 0 Å². The van der Waals surface area contributed by atoms with Crippen molar-refractivity contribution in [1.82, 2.24) is 10.2 Å². The molecule has 1 N–H and O–H groups in total. The molecule has 4 amide bonds. The lowest BCUT2D eigenvalue weighted by Gasteiger charge is -2.55. The number of barbiturate groups is 1. The SMILES string of the molecule is CN1C(=O)NC(=O)[C@@]2(Cc3cc(C(F)(F)F)ccc3N3CCN(c4ccccc4)C[C@H]32)C1=O. The van der Waals surface area contributed by atoms with Crippen molar-refractivity contribution in [3.63, 3.8) is 0 Å². The molecular formula is C23H21F3N4O3. The van der Waals surface area contributed by atoms with Crippen molar-refractivity contribution in [3.05, 3.63) is 59.7 Å². The first kappa shape index (κ1) is 21.3. The van der Waals surface area contributed by atoms with Gasteiger partial charge in [0.25, 0.3) is 0 Å². The van der Waals surface area contributed by atoms with Gasteiger partial charge in [-0.05, 0) is 42.3 Å². The number of imide groups is 2. The molecule has 10 heteroatoms. The van der Waals surface area contributed by atoms with Crippen LogP contribution >= 0.6 is 0 Å². The quantitative estimate of drug-likeness (QED) is 0.666. The number of urea groups is 1. The summed E-state index contributed by atoms with van der Waals surface area (Å²) in [4.78, 5) is 43.6. The van der Waals surface area contributed by atoms with Crippen LogP contribution in [0.3, 0.4) is 0 Å². The maximum Gasteiger partial charge on any atom is 0.416 e. The number of carbonyl (C=O) groups excluding carboxylic acids is 3. The molecule has 5 rings (SSSR count). The van der Waals surface area contributed by atoms with Gasteiger partial charge in [-0.1, -0.05) is 18.2 Å². The largest absolute Gasteiger partial charge is 0.416 e. The molecule has 2 fully saturated rings. The van der Waals surface area contributed by atoms with Crippen LogP contribution in [0.15, 0.2) is 48.5 Å². The third-order valence-corrected chi connectivity index (χ3v) is 6.87. The lowest BCUT2D eigenvalue weighted by atomic mass is 9.67. The number of fused-ring (bicyclic) bond motifs is 4. The smallest absolute Gasteiger partial charge is 0.368 e. The minimum atomic E-state index is -4.56. The second kappa shape index (κ2) is 7.23. The molecule has 3 heterocycles. The summed E-state index contributed by atoms with van der Waals surface area (Å²) in [5, 5.41) is 2.24. The van der Waals surface area contributed by atoms with Crippen LogP contribution in [-0.2, 0) is 22.2 Å². The van der Waals surface area contributed by atoms with E-state index in [9.17, 15) is 27.6 Å². The number of halogens is 3. The summed E-state index contributed by atoms with van der Waals surface area (Å²) >= 11 is 0. The number of carbonyl (C=O) groups is 3. The zero-order valence-corrected chi connectivity index (χ0v) is 17.7. The second-order valence-electron chi connectivity index (χ2n) is 8.60. The van der Waals surface area contributed by atoms with Crippen LogP contribution in [-0.4, -0.2) is 55.5 Å². The molecule has 0 aromatic heterocycles. The summed E-state index contributed by atoms with van der Waals surface area (Å²) in [5.41, 5.74) is -0.815. The molecule has 0 radical (unpaired) electrons. The molecular weight excluding hydrogens is 437 g/mol. The van der Waals surface area contributed by atoms with Crippen LogP contribution in [0, 0.1) is 5.41 Å². The van der Waals surface area contributed by atoms with E-state index >= 15 is 0 Å². The topological polar surface area (TPSA) is 73.0 Å². The van der Waals surface area contributed by atoms with Gasteiger partial charge in [0, 0.05) is 38.1 Å². The number of amides is 4. The van der Waals surface area contributed by atoms with Gasteiger partial charge in [0.2, 0.25) is 11.8 Å². The van der Waals surface area contributed by atoms with Crippen LogP contribution < -0.4 is 15.1 Å². The number of hydrogen-bond donors (Lipinski definition) is 1. The first-order valence-electron chi connectivity index (χ1n) is 10.5. The molecule has 33 heavy (non-hydrogen) atoms. The molecule has 2 atom stereocenters. The van der Waals surface area contributed by atoms with Crippen LogP contribution in [0.2, 0.25) is 0 Å². The van der Waals surface area contributed by atoms with Gasteiger partial charge in [-0.3, -0.25) is 19.8 Å². The lowest BCUT2D eigenvalue weighted by molar-refractivity contribution is -0.152. The molecule has 2 aromatic rings. The predicted molar refractivity (Wildman–Crippen MR) is 114 cm³/mol. The van der Waals surface area contributed by atoms with Crippen molar-refractivity contribution in [1.29, 1.82) is 0 Å². The van der Waals surface area contributed by atoms with Crippen LogP contribution in [0.25, 0.3) is 0 Å². The molecule has 3 aliphatic rings. The summed E-state index contributed by atoms with van der Waals surface area (Å²) in [6.07, 6.45) is -4.78. The van der Waals surface area contributed by atoms with E-state index in [0.717, 1.165) is 22.7 Å². The van der Waals surface area contributed by atoms with Crippen molar-refractivity contribution in [2.45, 2.75) is 18.6 Å². The highest BCUT2D eigenvalue weighted by atomic mass is 19.4. The molecule has 3 aliphatic heterocycles. The van der Waals surface area contributed by atoms with Gasteiger partial charge in [0.05, 0.1) is 11.6 Å². The molecule has 172 valence electrons. The second-order valence-corrected chi connectivity index (χ2v) is 8.60. The minimum Gasteiger partial charge on any atom is -0.368 e. The molecule has 0 unspecified atom stereocenters. The predicted octanol–water partition coefficient (Wildman–Crippen LogP) is 2.65. The average Bonchev–Trinajstić information content (AvgIpc) is 2.80. The zero-order chi connectivity index (χ0) is 23.5. The molecule has 0 saturated carbocycles. The first-order valence-corrected chi connectivity index (χ1v) is 10.5. The third kappa shape index (κ3) is 3.15. The molecule has 2 saturated heterocycles. The van der Waals surface area contributed by atoms with Gasteiger partial charge in [-0.25, -0.2) is 4.79 Å². The Morgan fingerprint density at radius 2 is 1.76 bits per heavy atom. The van der Waals surface area contributed by atoms with Crippen molar-refractivity contribution >= 4 is 29.2 Å². The normalized spacial score (nSPS) is 25.2. The highest BCUT2D eigenvalue weighted by Gasteiger charge is 2.62. The fourth-order valence-electron chi connectivity index (χ4n) is 5.20. The van der Waals surface area contributed by atoms with Gasteiger partial charge >= 0.3 is 12.2 Å². The van der Waals surface area contributed by atoms with Crippen LogP contribution in [0.1, 0.15) is 11.1 Å². The first-order chi connectivity index (χ1) is 15.6. The van der Waals surface area contributed by atoms with Gasteiger partial charge in [0.15, 0.2) is 5.41 Å². The van der Waals surface area contributed by atoms with Gasteiger partial charge in [0.1, 0.15) is 0 Å². The number of alkyl halides is 3. The highest BCUT2D eigenvalue weighted by Crippen LogP contribution is 2.47. The average molecular weight is 458 g/mol. The summed E-state index contributed by atoms with van der Waals surface area (Å²) in [6, 6.07) is 11.4. The number of benzene rings is 2. The van der Waals surface area contributed by atoms with Gasteiger partial charge in [-0.15, -0.1) is 0 Å². The number of nitrogens with one attached hydrogen (secondary N) is 1. The maximum atomic E-state index is 13.5. The third-order valence-electron chi connectivity index (χ3n) is 6.87. The number of hydrogen-bond acceptors (Lipinski definition) is 5. The monoisotopic (exact) mass is 458 g/mol. The highest BCUT2D eigenvalue weighted by molar-refractivity contribution is 6.20. The molecule has 0 aliphatic carbocycles. The Balaban J connectivity index is 1.65. The Kier molecular flexibility index (Phi) is 4.66. The van der Waals surface area contributed by atoms with E-state index in [1.165, 1.54) is 13.1 Å². The summed E-state index contributed by atoms with van der Waals surface area (Å²) in [5.74, 6) is -1.48. The number of rotatable bonds is 1. The van der Waals surface area contributed by atoms with Crippen molar-refractivity contribution < 1.29 is 27.6 Å². The standard InChI is InChI=1S/C23H21F3N4O3/c1-28-20(32)22(19(31)27-21(28)33)12-14-11-15(23(24,25)26)7-8-17(14)30-10-9-29(13-18(22)30)16-5-3-2-4-6-16/h2-8,11,18H,9-10,12-13H2,1H3,(H,27,31,33)/t18-,22-/m0/s1. The van der Waals surface area contributed by atoms with E-state index in [2.05, 4.69) is 10.2 Å². The number of anilines is 2. The zero-order valence-electron chi connectivity index (χ0n) is 17.7. The number of para-hydroxylation sites is 1. The molecule has 1 spiro atoms. The summed E-state index contributed by atoms with van der Waals surface area (Å²) < 4.78 is 40.2. The van der Waals surface area contributed by atoms with Gasteiger partial charge in [-0.2, -0.15) is 13.2 Å².